The van der Waals surface area contributed by atoms with Gasteiger partial charge in [-0.3, -0.25) is 4.90 Å². The lowest BCUT2D eigenvalue weighted by molar-refractivity contribution is -0.0553. The average molecular weight is 467 g/mol. The van der Waals surface area contributed by atoms with Crippen LogP contribution in [0.4, 0.5) is 0 Å². The molecule has 33 heavy (non-hydrogen) atoms. The fourth-order valence-corrected chi connectivity index (χ4v) is 6.67. The summed E-state index contributed by atoms with van der Waals surface area (Å²) in [6, 6.07) is 15.5. The molecule has 0 amide bonds. The number of aryl methyl sites for hydroxylation is 1. The first-order valence-electron chi connectivity index (χ1n) is 11.9. The van der Waals surface area contributed by atoms with E-state index in [0.29, 0.717) is 23.9 Å². The Bertz CT molecular complexity index is 1130. The van der Waals surface area contributed by atoms with Gasteiger partial charge in [0, 0.05) is 42.6 Å². The van der Waals surface area contributed by atoms with Gasteiger partial charge in [-0.2, -0.15) is 4.31 Å². The fraction of sp³-hybridized carbons (Fsp3) is 0.481. The van der Waals surface area contributed by atoms with E-state index in [2.05, 4.69) is 42.7 Å². The normalized spacial score (nSPS) is 24.2. The summed E-state index contributed by atoms with van der Waals surface area (Å²) in [6.07, 6.45) is 1.74. The minimum atomic E-state index is -3.57. The van der Waals surface area contributed by atoms with Gasteiger partial charge in [-0.1, -0.05) is 50.0 Å². The molecule has 0 bridgehead atoms. The van der Waals surface area contributed by atoms with E-state index in [4.69, 9.17) is 0 Å². The van der Waals surface area contributed by atoms with Gasteiger partial charge in [-0.25, -0.2) is 8.42 Å². The Balaban J connectivity index is 1.61. The van der Waals surface area contributed by atoms with E-state index in [9.17, 15) is 13.5 Å². The Hall–Kier alpha value is -2.17. The lowest BCUT2D eigenvalue weighted by atomic mass is 9.74. The summed E-state index contributed by atoms with van der Waals surface area (Å²) in [5.41, 5.74) is 3.05. The van der Waals surface area contributed by atoms with Gasteiger partial charge < -0.3 is 5.11 Å². The lowest BCUT2D eigenvalue weighted by Crippen LogP contribution is -2.67. The van der Waals surface area contributed by atoms with Crippen molar-refractivity contribution in [1.82, 2.24) is 9.21 Å². The summed E-state index contributed by atoms with van der Waals surface area (Å²) < 4.78 is 28.6. The van der Waals surface area contributed by atoms with Gasteiger partial charge in [0.15, 0.2) is 0 Å². The molecule has 0 unspecified atom stereocenters. The van der Waals surface area contributed by atoms with Crippen LogP contribution in [0.25, 0.3) is 0 Å². The summed E-state index contributed by atoms with van der Waals surface area (Å²) in [6.45, 7) is 7.98. The van der Waals surface area contributed by atoms with E-state index in [-0.39, 0.29) is 24.6 Å². The molecule has 176 valence electrons. The summed E-state index contributed by atoms with van der Waals surface area (Å²) in [5, 5.41) is 10.2. The van der Waals surface area contributed by atoms with Crippen molar-refractivity contribution in [3.05, 3.63) is 65.2 Å². The van der Waals surface area contributed by atoms with Gasteiger partial charge in [-0.05, 0) is 61.7 Å². The van der Waals surface area contributed by atoms with Crippen molar-refractivity contribution in [2.45, 2.75) is 56.5 Å². The second kappa shape index (κ2) is 9.99. The van der Waals surface area contributed by atoms with E-state index in [1.54, 1.807) is 22.5 Å². The third kappa shape index (κ3) is 5.02. The van der Waals surface area contributed by atoms with Crippen molar-refractivity contribution in [2.24, 2.45) is 5.92 Å². The summed E-state index contributed by atoms with van der Waals surface area (Å²) in [5.74, 6) is 6.80. The van der Waals surface area contributed by atoms with Gasteiger partial charge in [0.1, 0.15) is 0 Å². The second-order valence-corrected chi connectivity index (χ2v) is 11.5. The van der Waals surface area contributed by atoms with Gasteiger partial charge in [0.25, 0.3) is 0 Å². The van der Waals surface area contributed by atoms with Crippen LogP contribution in [0.15, 0.2) is 53.4 Å². The highest BCUT2D eigenvalue weighted by Crippen LogP contribution is 2.42. The van der Waals surface area contributed by atoms with Crippen LogP contribution in [-0.2, 0) is 10.0 Å². The van der Waals surface area contributed by atoms with E-state index in [0.717, 1.165) is 36.1 Å². The number of benzene rings is 2. The van der Waals surface area contributed by atoms with Crippen molar-refractivity contribution in [3.63, 3.8) is 0 Å². The standard InChI is InChI=1S/C27H34N2O3S/c1-20(2)9-10-22-11-13-23(14-12-22)27-25-18-28(15-4-5-16-29(25)26(27)19-30)33(31,32)24-8-6-7-21(3)17-24/h6-8,11-14,17,20,25-27,30H,4-5,15-16,18-19H2,1-3H3/t25-,26-,27-/m1/s1. The largest absolute Gasteiger partial charge is 0.395 e. The van der Waals surface area contributed by atoms with Crippen molar-refractivity contribution in [2.75, 3.05) is 26.2 Å². The number of aliphatic hydroxyl groups excluding tert-OH is 1. The summed E-state index contributed by atoms with van der Waals surface area (Å²) >= 11 is 0. The Kier molecular flexibility index (Phi) is 7.25. The van der Waals surface area contributed by atoms with Gasteiger partial charge in [-0.15, -0.1) is 0 Å². The summed E-state index contributed by atoms with van der Waals surface area (Å²) in [7, 11) is -3.57. The first kappa shape index (κ1) is 24.0. The molecule has 4 rings (SSSR count). The smallest absolute Gasteiger partial charge is 0.243 e. The molecule has 2 heterocycles. The van der Waals surface area contributed by atoms with Crippen LogP contribution in [0.5, 0.6) is 0 Å². The monoisotopic (exact) mass is 466 g/mol. The molecule has 0 radical (unpaired) electrons. The molecule has 0 spiro atoms. The van der Waals surface area contributed by atoms with Crippen molar-refractivity contribution in [3.8, 4) is 11.8 Å². The van der Waals surface area contributed by atoms with Crippen LogP contribution in [0.2, 0.25) is 0 Å². The molecule has 2 aromatic carbocycles. The van der Waals surface area contributed by atoms with Crippen molar-refractivity contribution < 1.29 is 13.5 Å². The molecule has 0 aromatic heterocycles. The molecule has 1 N–H and O–H groups in total. The van der Waals surface area contributed by atoms with Crippen LogP contribution in [0.3, 0.4) is 0 Å². The average Bonchev–Trinajstić information content (AvgIpc) is 2.77. The van der Waals surface area contributed by atoms with Crippen LogP contribution in [0, 0.1) is 24.7 Å². The highest BCUT2D eigenvalue weighted by Gasteiger charge is 2.50. The van der Waals surface area contributed by atoms with Crippen LogP contribution >= 0.6 is 0 Å². The Morgan fingerprint density at radius 1 is 1.09 bits per heavy atom. The Morgan fingerprint density at radius 2 is 1.82 bits per heavy atom. The number of nitrogens with zero attached hydrogens (tertiary/aromatic N) is 2. The first-order valence-corrected chi connectivity index (χ1v) is 13.3. The fourth-order valence-electron chi connectivity index (χ4n) is 5.07. The predicted molar refractivity (Wildman–Crippen MR) is 131 cm³/mol. The van der Waals surface area contributed by atoms with Crippen molar-refractivity contribution >= 4 is 10.0 Å². The maximum Gasteiger partial charge on any atom is 0.243 e. The maximum atomic E-state index is 13.5. The van der Waals surface area contributed by atoms with Crippen LogP contribution < -0.4 is 0 Å². The molecule has 2 fully saturated rings. The quantitative estimate of drug-likeness (QED) is 0.700. The molecule has 6 heteroatoms. The molecular weight excluding hydrogens is 432 g/mol. The zero-order chi connectivity index (χ0) is 23.6. The molecule has 0 aliphatic carbocycles. The van der Waals surface area contributed by atoms with E-state index in [1.165, 1.54) is 0 Å². The Labute approximate surface area is 198 Å². The van der Waals surface area contributed by atoms with Gasteiger partial charge in [0.2, 0.25) is 10.0 Å². The van der Waals surface area contributed by atoms with Crippen LogP contribution in [0.1, 0.15) is 49.3 Å². The minimum Gasteiger partial charge on any atom is -0.395 e. The zero-order valence-corrected chi connectivity index (χ0v) is 20.6. The first-order chi connectivity index (χ1) is 15.8. The molecule has 3 atom stereocenters. The van der Waals surface area contributed by atoms with Crippen molar-refractivity contribution in [1.29, 1.82) is 0 Å². The molecule has 5 nitrogen and oxygen atoms in total. The Morgan fingerprint density at radius 3 is 2.48 bits per heavy atom. The third-order valence-electron chi connectivity index (χ3n) is 6.76. The van der Waals surface area contributed by atoms with E-state index >= 15 is 0 Å². The number of aliphatic hydroxyl groups is 1. The van der Waals surface area contributed by atoms with Gasteiger partial charge in [0.05, 0.1) is 11.5 Å². The number of hydrogen-bond donors (Lipinski definition) is 1. The number of hydrogen-bond acceptors (Lipinski definition) is 4. The summed E-state index contributed by atoms with van der Waals surface area (Å²) in [4.78, 5) is 2.66. The van der Waals surface area contributed by atoms with E-state index < -0.39 is 10.0 Å². The SMILES string of the molecule is Cc1cccc(S(=O)(=O)N2CCCCN3[C@H](CO)[C@H](c4ccc(C#CC(C)C)cc4)[C@H]3C2)c1. The lowest BCUT2D eigenvalue weighted by Gasteiger charge is -2.57. The van der Waals surface area contributed by atoms with Crippen LogP contribution in [-0.4, -0.2) is 61.1 Å². The second-order valence-electron chi connectivity index (χ2n) is 9.51. The minimum absolute atomic E-state index is 0.0178. The van der Waals surface area contributed by atoms with E-state index in [1.807, 2.05) is 25.1 Å². The number of sulfonamides is 1. The number of fused-ring (bicyclic) bond motifs is 1. The topological polar surface area (TPSA) is 60.9 Å². The molecule has 2 saturated heterocycles. The maximum absolute atomic E-state index is 13.5. The third-order valence-corrected chi connectivity index (χ3v) is 8.62. The highest BCUT2D eigenvalue weighted by molar-refractivity contribution is 7.89. The molecule has 2 aromatic rings. The number of rotatable bonds is 4. The molecular formula is C27H34N2O3S. The predicted octanol–water partition coefficient (Wildman–Crippen LogP) is 3.62. The zero-order valence-electron chi connectivity index (χ0n) is 19.7. The molecule has 2 aliphatic heterocycles. The highest BCUT2D eigenvalue weighted by atomic mass is 32.2. The molecule has 2 aliphatic rings. The molecule has 0 saturated carbocycles. The van der Waals surface area contributed by atoms with Gasteiger partial charge >= 0.3 is 0 Å².